The van der Waals surface area contributed by atoms with Crippen LogP contribution in [0.3, 0.4) is 0 Å². The Bertz CT molecular complexity index is 854. The van der Waals surface area contributed by atoms with E-state index in [0.29, 0.717) is 12.5 Å². The van der Waals surface area contributed by atoms with Crippen LogP contribution in [0.25, 0.3) is 0 Å². The Morgan fingerprint density at radius 3 is 2.50 bits per heavy atom. The molecule has 3 aliphatic rings. The Morgan fingerprint density at radius 1 is 1.12 bits per heavy atom. The Morgan fingerprint density at radius 2 is 1.85 bits per heavy atom. The molecule has 4 heterocycles. The average Bonchev–Trinajstić information content (AvgIpc) is 2.64. The number of piperidine rings is 3. The Kier molecular flexibility index (Phi) is 4.56. The normalized spacial score (nSPS) is 27.0. The quantitative estimate of drug-likeness (QED) is 0.849. The highest BCUT2D eigenvalue weighted by atomic mass is 16.3. The molecular formula is C23H26N2O. The van der Waals surface area contributed by atoms with E-state index in [1.54, 1.807) is 0 Å². The molecule has 0 radical (unpaired) electrons. The van der Waals surface area contributed by atoms with Gasteiger partial charge in [0.15, 0.2) is 0 Å². The minimum absolute atomic E-state index is 0.305. The van der Waals surface area contributed by atoms with E-state index in [2.05, 4.69) is 47.9 Å². The zero-order chi connectivity index (χ0) is 18.1. The summed E-state index contributed by atoms with van der Waals surface area (Å²) in [5, 5.41) is 11.1. The van der Waals surface area contributed by atoms with Gasteiger partial charge in [-0.25, -0.2) is 0 Å². The summed E-state index contributed by atoms with van der Waals surface area (Å²) in [7, 11) is 0. The van der Waals surface area contributed by atoms with E-state index in [-0.39, 0.29) is 0 Å². The van der Waals surface area contributed by atoms with Crippen LogP contribution in [0.4, 0.5) is 0 Å². The fraction of sp³-hybridized carbons (Fsp3) is 0.435. The lowest BCUT2D eigenvalue weighted by Gasteiger charge is -2.47. The van der Waals surface area contributed by atoms with Gasteiger partial charge in [0.1, 0.15) is 5.60 Å². The van der Waals surface area contributed by atoms with Gasteiger partial charge in [-0.15, -0.1) is 0 Å². The highest BCUT2D eigenvalue weighted by Crippen LogP contribution is 2.35. The Balaban J connectivity index is 1.62. The summed E-state index contributed by atoms with van der Waals surface area (Å²) in [6.45, 7) is 6.98. The van der Waals surface area contributed by atoms with Crippen molar-refractivity contribution in [1.82, 2.24) is 9.88 Å². The van der Waals surface area contributed by atoms with Crippen LogP contribution in [0.1, 0.15) is 40.9 Å². The third kappa shape index (κ3) is 3.53. The summed E-state index contributed by atoms with van der Waals surface area (Å²) in [6, 6.07) is 12.6. The van der Waals surface area contributed by atoms with Crippen molar-refractivity contribution in [2.24, 2.45) is 5.92 Å². The van der Waals surface area contributed by atoms with Crippen molar-refractivity contribution >= 4 is 0 Å². The van der Waals surface area contributed by atoms with E-state index in [0.717, 1.165) is 49.3 Å². The van der Waals surface area contributed by atoms with Gasteiger partial charge >= 0.3 is 0 Å². The summed E-state index contributed by atoms with van der Waals surface area (Å²) in [5.74, 6) is 6.81. The molecule has 134 valence electrons. The van der Waals surface area contributed by atoms with Crippen molar-refractivity contribution in [2.45, 2.75) is 38.7 Å². The van der Waals surface area contributed by atoms with Crippen LogP contribution in [0.15, 0.2) is 36.4 Å². The van der Waals surface area contributed by atoms with Gasteiger partial charge in [-0.1, -0.05) is 41.7 Å². The van der Waals surface area contributed by atoms with E-state index < -0.39 is 5.60 Å². The third-order valence-corrected chi connectivity index (χ3v) is 5.75. The molecule has 1 atom stereocenters. The summed E-state index contributed by atoms with van der Waals surface area (Å²) < 4.78 is 0. The first-order valence-corrected chi connectivity index (χ1v) is 9.52. The van der Waals surface area contributed by atoms with E-state index >= 15 is 0 Å². The van der Waals surface area contributed by atoms with Crippen molar-refractivity contribution in [1.29, 1.82) is 0 Å². The van der Waals surface area contributed by atoms with Gasteiger partial charge in [0, 0.05) is 30.1 Å². The van der Waals surface area contributed by atoms with Crippen LogP contribution >= 0.6 is 0 Å². The monoisotopic (exact) mass is 346 g/mol. The lowest BCUT2D eigenvalue weighted by molar-refractivity contribution is -0.0713. The molecule has 0 spiro atoms. The molecule has 2 aromatic rings. The maximum absolute atomic E-state index is 11.1. The van der Waals surface area contributed by atoms with E-state index in [9.17, 15) is 5.11 Å². The standard InChI is InChI=1S/C23H26N2O/c1-17-3-6-19(7-4-17)15-22-20(8-5-18(2)24-22)9-12-23(26)16-25-13-10-21(23)11-14-25/h3-8,21,26H,10-11,13-16H2,1-2H3. The van der Waals surface area contributed by atoms with Crippen LogP contribution in [0.2, 0.25) is 0 Å². The van der Waals surface area contributed by atoms with Gasteiger partial charge in [0.05, 0.1) is 5.69 Å². The molecule has 1 N–H and O–H groups in total. The Hall–Kier alpha value is -2.15. The number of aryl methyl sites for hydroxylation is 2. The number of nitrogens with zero attached hydrogens (tertiary/aromatic N) is 2. The Labute approximate surface area is 156 Å². The van der Waals surface area contributed by atoms with Crippen LogP contribution in [-0.2, 0) is 6.42 Å². The van der Waals surface area contributed by atoms with Crippen LogP contribution in [0.5, 0.6) is 0 Å². The number of aliphatic hydroxyl groups is 1. The topological polar surface area (TPSA) is 36.4 Å². The molecule has 3 saturated heterocycles. The predicted octanol–water partition coefficient (Wildman–Crippen LogP) is 3.10. The summed E-state index contributed by atoms with van der Waals surface area (Å²) in [6.07, 6.45) is 2.86. The van der Waals surface area contributed by atoms with Crippen molar-refractivity contribution in [3.8, 4) is 11.8 Å². The number of benzene rings is 1. The third-order valence-electron chi connectivity index (χ3n) is 5.75. The SMILES string of the molecule is Cc1ccc(Cc2nc(C)ccc2C#CC2(O)CN3CCC2CC3)cc1. The first-order chi connectivity index (χ1) is 12.5. The van der Waals surface area contributed by atoms with Crippen molar-refractivity contribution in [3.63, 3.8) is 0 Å². The maximum Gasteiger partial charge on any atom is 0.141 e. The molecule has 1 aromatic carbocycles. The summed E-state index contributed by atoms with van der Waals surface area (Å²) in [5.41, 5.74) is 4.54. The molecule has 3 fully saturated rings. The number of rotatable bonds is 2. The molecule has 3 aliphatic heterocycles. The fourth-order valence-electron chi connectivity index (χ4n) is 4.11. The molecule has 5 rings (SSSR count). The van der Waals surface area contributed by atoms with Gasteiger partial charge in [0.2, 0.25) is 0 Å². The maximum atomic E-state index is 11.1. The largest absolute Gasteiger partial charge is 0.376 e. The number of hydrogen-bond donors (Lipinski definition) is 1. The molecule has 2 bridgehead atoms. The van der Waals surface area contributed by atoms with E-state index in [1.807, 2.05) is 19.1 Å². The van der Waals surface area contributed by atoms with Crippen molar-refractivity contribution in [2.75, 3.05) is 19.6 Å². The molecule has 1 unspecified atom stereocenters. The van der Waals surface area contributed by atoms with Crippen LogP contribution < -0.4 is 0 Å². The second-order valence-electron chi connectivity index (χ2n) is 7.83. The second-order valence-corrected chi connectivity index (χ2v) is 7.83. The van der Waals surface area contributed by atoms with Gasteiger partial charge in [-0.05, 0) is 57.5 Å². The van der Waals surface area contributed by atoms with Gasteiger partial charge in [-0.2, -0.15) is 0 Å². The molecule has 26 heavy (non-hydrogen) atoms. The van der Waals surface area contributed by atoms with Crippen LogP contribution in [-0.4, -0.2) is 40.2 Å². The molecule has 0 amide bonds. The van der Waals surface area contributed by atoms with Gasteiger partial charge in [-0.3, -0.25) is 9.88 Å². The smallest absolute Gasteiger partial charge is 0.141 e. The zero-order valence-electron chi connectivity index (χ0n) is 15.6. The number of pyridine rings is 1. The summed E-state index contributed by atoms with van der Waals surface area (Å²) in [4.78, 5) is 7.06. The number of aromatic nitrogens is 1. The molecule has 3 heteroatoms. The van der Waals surface area contributed by atoms with Crippen molar-refractivity contribution < 1.29 is 5.11 Å². The highest BCUT2D eigenvalue weighted by Gasteiger charge is 2.44. The second kappa shape index (κ2) is 6.87. The minimum Gasteiger partial charge on any atom is -0.376 e. The average molecular weight is 346 g/mol. The lowest BCUT2D eigenvalue weighted by atomic mass is 9.75. The molecule has 0 saturated carbocycles. The first-order valence-electron chi connectivity index (χ1n) is 9.52. The first kappa shape index (κ1) is 17.3. The lowest BCUT2D eigenvalue weighted by Crippen LogP contribution is -2.58. The molecule has 1 aromatic heterocycles. The van der Waals surface area contributed by atoms with Crippen molar-refractivity contribution in [3.05, 3.63) is 64.5 Å². The highest BCUT2D eigenvalue weighted by molar-refractivity contribution is 5.43. The molecule has 0 aliphatic carbocycles. The molecule has 3 nitrogen and oxygen atoms in total. The number of hydrogen-bond acceptors (Lipinski definition) is 3. The van der Waals surface area contributed by atoms with Crippen LogP contribution in [0, 0.1) is 31.6 Å². The zero-order valence-corrected chi connectivity index (χ0v) is 15.6. The van der Waals surface area contributed by atoms with Gasteiger partial charge < -0.3 is 5.11 Å². The van der Waals surface area contributed by atoms with Gasteiger partial charge in [0.25, 0.3) is 0 Å². The predicted molar refractivity (Wildman–Crippen MR) is 104 cm³/mol. The number of fused-ring (bicyclic) bond motifs is 3. The van der Waals surface area contributed by atoms with E-state index in [4.69, 9.17) is 4.98 Å². The van der Waals surface area contributed by atoms with E-state index in [1.165, 1.54) is 11.1 Å². The molecular weight excluding hydrogens is 320 g/mol. The minimum atomic E-state index is -0.873. The summed E-state index contributed by atoms with van der Waals surface area (Å²) >= 11 is 0. The fourth-order valence-corrected chi connectivity index (χ4v) is 4.11.